The minimum absolute atomic E-state index is 0.0822. The highest BCUT2D eigenvalue weighted by molar-refractivity contribution is 8.13. The molecule has 0 saturated carbocycles. The van der Waals surface area contributed by atoms with Crippen molar-refractivity contribution in [3.63, 3.8) is 0 Å². The molecular weight excluding hydrogens is 406 g/mol. The Labute approximate surface area is 164 Å². The van der Waals surface area contributed by atoms with E-state index >= 15 is 0 Å². The van der Waals surface area contributed by atoms with Crippen LogP contribution in [0.25, 0.3) is 5.69 Å². The van der Waals surface area contributed by atoms with E-state index < -0.39 is 20.5 Å². The van der Waals surface area contributed by atoms with Crippen LogP contribution in [0.3, 0.4) is 0 Å². The van der Waals surface area contributed by atoms with Gasteiger partial charge < -0.3 is 5.32 Å². The number of hydrogen-bond donors (Lipinski definition) is 2. The quantitative estimate of drug-likeness (QED) is 0.487. The molecule has 1 aromatic heterocycles. The lowest BCUT2D eigenvalue weighted by Gasteiger charge is -2.00. The van der Waals surface area contributed by atoms with Crippen LogP contribution >= 0.6 is 10.7 Å². The molecule has 0 aliphatic carbocycles. The van der Waals surface area contributed by atoms with E-state index in [1.54, 1.807) is 30.3 Å². The predicted molar refractivity (Wildman–Crippen MR) is 103 cm³/mol. The molecule has 3 rings (SSSR count). The lowest BCUT2D eigenvalue weighted by Crippen LogP contribution is -2.18. The number of aromatic nitrogens is 2. The normalized spacial score (nSPS) is 11.6. The minimum atomic E-state index is -3.94. The monoisotopic (exact) mass is 419 g/mol. The average Bonchev–Trinajstić information content (AvgIpc) is 3.02. The number of azo groups is 1. The number of benzene rings is 2. The van der Waals surface area contributed by atoms with Crippen LogP contribution in [-0.4, -0.2) is 31.2 Å². The van der Waals surface area contributed by atoms with Crippen LogP contribution in [0.5, 0.6) is 0 Å². The van der Waals surface area contributed by atoms with E-state index in [0.29, 0.717) is 5.69 Å². The van der Waals surface area contributed by atoms with Gasteiger partial charge in [0.1, 0.15) is 0 Å². The number of nitrogens with one attached hydrogen (secondary N) is 2. The highest BCUT2D eigenvalue weighted by atomic mass is 35.7. The SMILES string of the molecule is CNC(=O)c1[nH]n(-c2ccccc2)c(=O)c1/N=N/c1cccc(S(=O)(=O)Cl)c1. The molecule has 0 fully saturated rings. The highest BCUT2D eigenvalue weighted by Gasteiger charge is 2.20. The van der Waals surface area contributed by atoms with Gasteiger partial charge in [-0.3, -0.25) is 14.7 Å². The van der Waals surface area contributed by atoms with Crippen molar-refractivity contribution in [2.24, 2.45) is 10.2 Å². The molecule has 9 nitrogen and oxygen atoms in total. The van der Waals surface area contributed by atoms with E-state index in [9.17, 15) is 18.0 Å². The maximum atomic E-state index is 12.7. The summed E-state index contributed by atoms with van der Waals surface area (Å²) in [5, 5.41) is 12.9. The summed E-state index contributed by atoms with van der Waals surface area (Å²) < 4.78 is 24.0. The molecule has 0 spiro atoms. The molecule has 11 heteroatoms. The Morgan fingerprint density at radius 1 is 1.11 bits per heavy atom. The summed E-state index contributed by atoms with van der Waals surface area (Å²) in [6.07, 6.45) is 0. The van der Waals surface area contributed by atoms with E-state index in [-0.39, 0.29) is 22.0 Å². The molecule has 0 unspecified atom stereocenters. The molecule has 3 aromatic rings. The van der Waals surface area contributed by atoms with E-state index in [4.69, 9.17) is 10.7 Å². The standard InChI is InChI=1S/C17H14ClN5O4S/c1-19-16(24)14-15(17(25)23(22-14)12-7-3-2-4-8-12)21-20-11-6-5-9-13(10-11)28(18,26)27/h2-10,22H,1H3,(H,19,24)/b21-20+. The molecule has 144 valence electrons. The summed E-state index contributed by atoms with van der Waals surface area (Å²) in [6.45, 7) is 0. The summed E-state index contributed by atoms with van der Waals surface area (Å²) >= 11 is 0. The van der Waals surface area contributed by atoms with E-state index in [1.165, 1.54) is 36.0 Å². The van der Waals surface area contributed by atoms with Gasteiger partial charge >= 0.3 is 0 Å². The van der Waals surface area contributed by atoms with Crippen molar-refractivity contribution >= 4 is 37.0 Å². The Balaban J connectivity index is 2.09. The molecular formula is C17H14ClN5O4S. The van der Waals surface area contributed by atoms with Crippen molar-refractivity contribution in [1.82, 2.24) is 15.1 Å². The van der Waals surface area contributed by atoms with Gasteiger partial charge in [-0.1, -0.05) is 24.3 Å². The van der Waals surface area contributed by atoms with Gasteiger partial charge in [0.05, 0.1) is 16.3 Å². The van der Waals surface area contributed by atoms with Crippen molar-refractivity contribution in [3.8, 4) is 5.69 Å². The fraction of sp³-hybridized carbons (Fsp3) is 0.0588. The Kier molecular flexibility index (Phi) is 5.43. The van der Waals surface area contributed by atoms with Gasteiger partial charge in [0.25, 0.3) is 20.5 Å². The van der Waals surface area contributed by atoms with E-state index in [0.717, 1.165) is 0 Å². The highest BCUT2D eigenvalue weighted by Crippen LogP contribution is 2.23. The van der Waals surface area contributed by atoms with Crippen LogP contribution in [0.2, 0.25) is 0 Å². The molecule has 2 N–H and O–H groups in total. The zero-order valence-electron chi connectivity index (χ0n) is 14.5. The van der Waals surface area contributed by atoms with Crippen molar-refractivity contribution in [1.29, 1.82) is 0 Å². The molecule has 1 amide bonds. The third-order valence-corrected chi connectivity index (χ3v) is 5.05. The molecule has 2 aromatic carbocycles. The molecule has 28 heavy (non-hydrogen) atoms. The number of hydrogen-bond acceptors (Lipinski definition) is 6. The number of rotatable bonds is 5. The maximum absolute atomic E-state index is 12.7. The molecule has 0 atom stereocenters. The smallest absolute Gasteiger partial charge is 0.299 e. The topological polar surface area (TPSA) is 126 Å². The van der Waals surface area contributed by atoms with Crippen molar-refractivity contribution in [2.45, 2.75) is 4.90 Å². The molecule has 1 heterocycles. The largest absolute Gasteiger partial charge is 0.354 e. The Hall–Kier alpha value is -3.24. The van der Waals surface area contributed by atoms with Crippen LogP contribution in [0.1, 0.15) is 10.5 Å². The van der Waals surface area contributed by atoms with Gasteiger partial charge in [-0.15, -0.1) is 5.11 Å². The van der Waals surface area contributed by atoms with Crippen molar-refractivity contribution in [2.75, 3.05) is 7.05 Å². The predicted octanol–water partition coefficient (Wildman–Crippen LogP) is 2.87. The van der Waals surface area contributed by atoms with Gasteiger partial charge in [-0.2, -0.15) is 5.11 Å². The third kappa shape index (κ3) is 4.02. The first kappa shape index (κ1) is 19.5. The van der Waals surface area contributed by atoms with Crippen LogP contribution in [0.4, 0.5) is 11.4 Å². The zero-order chi connectivity index (χ0) is 20.3. The van der Waals surface area contributed by atoms with Crippen LogP contribution < -0.4 is 10.9 Å². The first-order valence-corrected chi connectivity index (χ1v) is 10.2. The average molecular weight is 420 g/mol. The first-order chi connectivity index (χ1) is 13.3. The summed E-state index contributed by atoms with van der Waals surface area (Å²) in [6, 6.07) is 14.0. The number of halogens is 1. The van der Waals surface area contributed by atoms with E-state index in [1.807, 2.05) is 0 Å². The van der Waals surface area contributed by atoms with Crippen molar-refractivity contribution < 1.29 is 13.2 Å². The Bertz CT molecular complexity index is 1220. The molecule has 0 saturated heterocycles. The summed E-state index contributed by atoms with van der Waals surface area (Å²) in [7, 11) is 2.79. The Morgan fingerprint density at radius 2 is 1.82 bits per heavy atom. The maximum Gasteiger partial charge on any atom is 0.299 e. The summed E-state index contributed by atoms with van der Waals surface area (Å²) in [5.74, 6) is -0.558. The van der Waals surface area contributed by atoms with Gasteiger partial charge in [-0.25, -0.2) is 13.1 Å². The minimum Gasteiger partial charge on any atom is -0.354 e. The number of H-pyrrole nitrogens is 1. The number of aromatic amines is 1. The molecule has 0 radical (unpaired) electrons. The van der Waals surface area contributed by atoms with Crippen LogP contribution in [-0.2, 0) is 9.05 Å². The lowest BCUT2D eigenvalue weighted by molar-refractivity contribution is 0.0958. The second kappa shape index (κ2) is 7.79. The fourth-order valence-corrected chi connectivity index (χ4v) is 3.16. The Morgan fingerprint density at radius 3 is 2.46 bits per heavy atom. The van der Waals surface area contributed by atoms with Gasteiger partial charge in [0.2, 0.25) is 0 Å². The fourth-order valence-electron chi connectivity index (χ4n) is 2.37. The second-order valence-electron chi connectivity index (χ2n) is 5.53. The van der Waals surface area contributed by atoms with E-state index in [2.05, 4.69) is 20.6 Å². The number of para-hydroxylation sites is 1. The zero-order valence-corrected chi connectivity index (χ0v) is 16.0. The van der Waals surface area contributed by atoms with Crippen molar-refractivity contribution in [3.05, 3.63) is 70.6 Å². The molecule has 0 aliphatic heterocycles. The number of nitrogens with zero attached hydrogens (tertiary/aromatic N) is 3. The van der Waals surface area contributed by atoms with Gasteiger partial charge in [-0.05, 0) is 30.3 Å². The lowest BCUT2D eigenvalue weighted by atomic mass is 10.3. The van der Waals surface area contributed by atoms with Gasteiger partial charge in [0, 0.05) is 17.7 Å². The summed E-state index contributed by atoms with van der Waals surface area (Å²) in [5.41, 5.74) is -0.232. The van der Waals surface area contributed by atoms with Gasteiger partial charge in [0.15, 0.2) is 11.4 Å². The molecule has 0 bridgehead atoms. The third-order valence-electron chi connectivity index (χ3n) is 3.70. The first-order valence-electron chi connectivity index (χ1n) is 7.90. The summed E-state index contributed by atoms with van der Waals surface area (Å²) in [4.78, 5) is 24.7. The molecule has 0 aliphatic rings. The van der Waals surface area contributed by atoms with Crippen LogP contribution in [0.15, 0.2) is 74.5 Å². The van der Waals surface area contributed by atoms with Crippen LogP contribution in [0, 0.1) is 0 Å². The number of carbonyl (C=O) groups excluding carboxylic acids is 1. The number of amides is 1. The number of carbonyl (C=O) groups is 1. The second-order valence-corrected chi connectivity index (χ2v) is 8.09.